The minimum Gasteiger partial charge on any atom is -0.379 e. The molecule has 1 heterocycles. The Morgan fingerprint density at radius 1 is 1.08 bits per heavy atom. The summed E-state index contributed by atoms with van der Waals surface area (Å²) in [6.45, 7) is 5.17. The number of halogens is 1. The fraction of sp³-hybridized carbons (Fsp3) is 0.350. The summed E-state index contributed by atoms with van der Waals surface area (Å²) in [4.78, 5) is 14.8. The van der Waals surface area contributed by atoms with E-state index in [4.69, 9.17) is 16.3 Å². The highest BCUT2D eigenvalue weighted by Crippen LogP contribution is 2.25. The van der Waals surface area contributed by atoms with E-state index in [0.717, 1.165) is 13.1 Å². The Hall–Kier alpha value is -2.08. The van der Waals surface area contributed by atoms with Gasteiger partial charge in [-0.3, -0.25) is 4.90 Å². The first-order valence-corrected chi connectivity index (χ1v) is 9.21. The number of hydrogen-bond acceptors (Lipinski definition) is 3. The van der Waals surface area contributed by atoms with Crippen molar-refractivity contribution in [2.45, 2.75) is 19.0 Å². The van der Waals surface area contributed by atoms with Crippen molar-refractivity contribution in [3.05, 3.63) is 65.2 Å². The Morgan fingerprint density at radius 3 is 2.38 bits per heavy atom. The fourth-order valence-corrected chi connectivity index (χ4v) is 3.43. The maximum absolute atomic E-state index is 12.4. The predicted molar refractivity (Wildman–Crippen MR) is 105 cm³/mol. The van der Waals surface area contributed by atoms with Crippen LogP contribution in [0, 0.1) is 0 Å². The van der Waals surface area contributed by atoms with Crippen LogP contribution in [0.2, 0.25) is 5.02 Å². The minimum absolute atomic E-state index is 0.0669. The normalized spacial score (nSPS) is 17.3. The Labute approximate surface area is 159 Å². The van der Waals surface area contributed by atoms with E-state index in [1.807, 2.05) is 25.1 Å². The molecule has 1 aliphatic heterocycles. The predicted octanol–water partition coefficient (Wildman–Crippen LogP) is 3.92. The van der Waals surface area contributed by atoms with E-state index in [0.29, 0.717) is 23.9 Å². The van der Waals surface area contributed by atoms with Crippen LogP contribution in [0.1, 0.15) is 18.5 Å². The van der Waals surface area contributed by atoms with Gasteiger partial charge in [0.15, 0.2) is 0 Å². The molecule has 2 aromatic carbocycles. The molecule has 1 saturated heterocycles. The van der Waals surface area contributed by atoms with Crippen molar-refractivity contribution in [2.24, 2.45) is 0 Å². The standard InChI is InChI=1S/C20H24ClN3O2/c1-15(22-20(25)23-18-9-7-17(21)8-10-18)19(16-5-3-2-4-6-16)24-11-13-26-14-12-24/h2-10,15,19H,11-14H2,1H3,(H2,22,23,25)/t15-,19+/m1/s1. The first kappa shape index (κ1) is 18.7. The van der Waals surface area contributed by atoms with Gasteiger partial charge in [-0.05, 0) is 36.8 Å². The Balaban J connectivity index is 1.69. The molecule has 2 N–H and O–H groups in total. The van der Waals surface area contributed by atoms with Gasteiger partial charge in [0.05, 0.1) is 19.3 Å². The van der Waals surface area contributed by atoms with Gasteiger partial charge < -0.3 is 15.4 Å². The smallest absolute Gasteiger partial charge is 0.319 e. The van der Waals surface area contributed by atoms with Crippen LogP contribution in [-0.4, -0.2) is 43.3 Å². The molecular formula is C20H24ClN3O2. The van der Waals surface area contributed by atoms with Crippen LogP contribution < -0.4 is 10.6 Å². The highest BCUT2D eigenvalue weighted by molar-refractivity contribution is 6.30. The van der Waals surface area contributed by atoms with Crippen molar-refractivity contribution < 1.29 is 9.53 Å². The van der Waals surface area contributed by atoms with Crippen LogP contribution in [0.3, 0.4) is 0 Å². The van der Waals surface area contributed by atoms with Crippen molar-refractivity contribution in [1.82, 2.24) is 10.2 Å². The van der Waals surface area contributed by atoms with Crippen LogP contribution in [0.25, 0.3) is 0 Å². The summed E-state index contributed by atoms with van der Waals surface area (Å²) in [5.74, 6) is 0. The zero-order chi connectivity index (χ0) is 18.4. The first-order valence-electron chi connectivity index (χ1n) is 8.83. The van der Waals surface area contributed by atoms with E-state index in [9.17, 15) is 4.79 Å². The lowest BCUT2D eigenvalue weighted by Crippen LogP contribution is -2.49. The van der Waals surface area contributed by atoms with Gasteiger partial charge in [-0.2, -0.15) is 0 Å². The number of hydrogen-bond donors (Lipinski definition) is 2. The summed E-state index contributed by atoms with van der Waals surface area (Å²) in [6.07, 6.45) is 0. The SMILES string of the molecule is C[C@@H](NC(=O)Nc1ccc(Cl)cc1)[C@@H](c1ccccc1)N1CCOCC1. The second-order valence-corrected chi connectivity index (χ2v) is 6.83. The van der Waals surface area contributed by atoms with E-state index in [2.05, 4.69) is 27.7 Å². The number of rotatable bonds is 5. The number of ether oxygens (including phenoxy) is 1. The van der Waals surface area contributed by atoms with Gasteiger partial charge in [-0.1, -0.05) is 41.9 Å². The van der Waals surface area contributed by atoms with Crippen LogP contribution in [0.5, 0.6) is 0 Å². The third-order valence-corrected chi connectivity index (χ3v) is 4.77. The Kier molecular flexibility index (Phi) is 6.50. The van der Waals surface area contributed by atoms with Gasteiger partial charge in [-0.15, -0.1) is 0 Å². The van der Waals surface area contributed by atoms with E-state index in [1.165, 1.54) is 5.56 Å². The molecule has 0 unspecified atom stereocenters. The molecule has 0 radical (unpaired) electrons. The van der Waals surface area contributed by atoms with E-state index >= 15 is 0 Å². The molecule has 0 bridgehead atoms. The van der Waals surface area contributed by atoms with Crippen molar-refractivity contribution in [3.8, 4) is 0 Å². The van der Waals surface area contributed by atoms with Crippen LogP contribution in [0.4, 0.5) is 10.5 Å². The first-order chi connectivity index (χ1) is 12.6. The molecule has 26 heavy (non-hydrogen) atoms. The number of urea groups is 1. The molecule has 2 amide bonds. The lowest BCUT2D eigenvalue weighted by Gasteiger charge is -2.38. The molecule has 0 aromatic heterocycles. The summed E-state index contributed by atoms with van der Waals surface area (Å²) >= 11 is 5.88. The van der Waals surface area contributed by atoms with Crippen molar-refractivity contribution >= 4 is 23.3 Å². The fourth-order valence-electron chi connectivity index (χ4n) is 3.31. The summed E-state index contributed by atoms with van der Waals surface area (Å²) < 4.78 is 5.48. The Bertz CT molecular complexity index is 703. The number of morpholine rings is 1. The maximum atomic E-state index is 12.4. The van der Waals surface area contributed by atoms with Gasteiger partial charge in [0.25, 0.3) is 0 Å². The second kappa shape index (κ2) is 9.03. The monoisotopic (exact) mass is 373 g/mol. The van der Waals surface area contributed by atoms with E-state index in [1.54, 1.807) is 24.3 Å². The molecule has 2 atom stereocenters. The second-order valence-electron chi connectivity index (χ2n) is 6.40. The molecule has 0 saturated carbocycles. The molecule has 6 heteroatoms. The molecule has 1 aliphatic rings. The number of nitrogens with zero attached hydrogens (tertiary/aromatic N) is 1. The average Bonchev–Trinajstić information content (AvgIpc) is 2.65. The highest BCUT2D eigenvalue weighted by Gasteiger charge is 2.28. The third kappa shape index (κ3) is 4.97. The molecular weight excluding hydrogens is 350 g/mol. The van der Waals surface area contributed by atoms with E-state index in [-0.39, 0.29) is 18.1 Å². The summed E-state index contributed by atoms with van der Waals surface area (Å²) in [5, 5.41) is 6.57. The largest absolute Gasteiger partial charge is 0.379 e. The number of nitrogens with one attached hydrogen (secondary N) is 2. The molecule has 2 aromatic rings. The van der Waals surface area contributed by atoms with Gasteiger partial charge in [-0.25, -0.2) is 4.79 Å². The number of benzene rings is 2. The number of carbonyl (C=O) groups excluding carboxylic acids is 1. The highest BCUT2D eigenvalue weighted by atomic mass is 35.5. The summed E-state index contributed by atoms with van der Waals surface area (Å²) in [7, 11) is 0. The van der Waals surface area contributed by atoms with Crippen molar-refractivity contribution in [1.29, 1.82) is 0 Å². The molecule has 3 rings (SSSR count). The van der Waals surface area contributed by atoms with Gasteiger partial charge in [0, 0.05) is 29.8 Å². The van der Waals surface area contributed by atoms with Gasteiger partial charge in [0.1, 0.15) is 0 Å². The van der Waals surface area contributed by atoms with E-state index < -0.39 is 0 Å². The average molecular weight is 374 g/mol. The number of amides is 2. The van der Waals surface area contributed by atoms with Gasteiger partial charge in [0.2, 0.25) is 0 Å². The molecule has 1 fully saturated rings. The van der Waals surface area contributed by atoms with Crippen LogP contribution in [0.15, 0.2) is 54.6 Å². The van der Waals surface area contributed by atoms with Gasteiger partial charge >= 0.3 is 6.03 Å². The molecule has 138 valence electrons. The number of carbonyl (C=O) groups is 1. The zero-order valence-corrected chi connectivity index (χ0v) is 15.6. The van der Waals surface area contributed by atoms with Crippen molar-refractivity contribution in [3.63, 3.8) is 0 Å². The lowest BCUT2D eigenvalue weighted by atomic mass is 9.98. The minimum atomic E-state index is -0.228. The zero-order valence-electron chi connectivity index (χ0n) is 14.8. The maximum Gasteiger partial charge on any atom is 0.319 e. The molecule has 0 spiro atoms. The van der Waals surface area contributed by atoms with Crippen LogP contribution >= 0.6 is 11.6 Å². The lowest BCUT2D eigenvalue weighted by molar-refractivity contribution is 0.00974. The molecule has 5 nitrogen and oxygen atoms in total. The molecule has 0 aliphatic carbocycles. The topological polar surface area (TPSA) is 53.6 Å². The number of anilines is 1. The quantitative estimate of drug-likeness (QED) is 0.835. The summed E-state index contributed by atoms with van der Waals surface area (Å²) in [5.41, 5.74) is 1.90. The van der Waals surface area contributed by atoms with Crippen molar-refractivity contribution in [2.75, 3.05) is 31.6 Å². The van der Waals surface area contributed by atoms with Crippen LogP contribution in [-0.2, 0) is 4.74 Å². The Morgan fingerprint density at radius 2 is 1.73 bits per heavy atom. The summed E-state index contributed by atoms with van der Waals surface area (Å²) in [6, 6.07) is 17.1. The third-order valence-electron chi connectivity index (χ3n) is 4.51.